The molecule has 1 saturated carbocycles. The highest BCUT2D eigenvalue weighted by Crippen LogP contribution is 2.26. The van der Waals surface area contributed by atoms with Crippen LogP contribution in [0.3, 0.4) is 0 Å². The number of carbonyl (C=O) groups is 2. The lowest BCUT2D eigenvalue weighted by molar-refractivity contribution is 0.0921. The number of furan rings is 1. The van der Waals surface area contributed by atoms with Gasteiger partial charge in [0.05, 0.1) is 0 Å². The smallest absolute Gasteiger partial charge is 0.404 e. The molecule has 6 nitrogen and oxygen atoms in total. The van der Waals surface area contributed by atoms with Gasteiger partial charge in [0.15, 0.2) is 5.76 Å². The number of amides is 2. The second kappa shape index (κ2) is 6.50. The topological polar surface area (TPSA) is 91.6 Å². The Morgan fingerprint density at radius 3 is 2.91 bits per heavy atom. The molecule has 3 N–H and O–H groups in total. The number of hydrogen-bond acceptors (Lipinski definition) is 3. The van der Waals surface area contributed by atoms with Crippen molar-refractivity contribution in [1.82, 2.24) is 10.6 Å². The number of carboxylic acid groups (broad SMARTS) is 1. The number of halogens is 1. The molecule has 7 heteroatoms. The van der Waals surface area contributed by atoms with Crippen LogP contribution in [-0.2, 0) is 0 Å². The van der Waals surface area contributed by atoms with E-state index in [2.05, 4.69) is 10.6 Å². The van der Waals surface area contributed by atoms with Gasteiger partial charge >= 0.3 is 6.09 Å². The van der Waals surface area contributed by atoms with Crippen molar-refractivity contribution in [2.45, 2.75) is 25.3 Å². The predicted octanol–water partition coefficient (Wildman–Crippen LogP) is 3.25. The molecule has 1 aliphatic carbocycles. The Morgan fingerprint density at radius 2 is 2.13 bits per heavy atom. The third-order valence-corrected chi connectivity index (χ3v) is 4.36. The molecule has 23 heavy (non-hydrogen) atoms. The fourth-order valence-electron chi connectivity index (χ4n) is 3.02. The second-order valence-corrected chi connectivity index (χ2v) is 6.26. The summed E-state index contributed by atoms with van der Waals surface area (Å²) in [7, 11) is 0. The number of nitrogens with one attached hydrogen (secondary N) is 2. The molecule has 0 radical (unpaired) electrons. The minimum atomic E-state index is -0.999. The SMILES string of the molecule is O=C(O)NC1CCC(CNC(=O)c2cc3cc(Cl)ccc3o2)C1. The summed E-state index contributed by atoms with van der Waals surface area (Å²) < 4.78 is 5.51. The van der Waals surface area contributed by atoms with Crippen molar-refractivity contribution >= 4 is 34.6 Å². The van der Waals surface area contributed by atoms with E-state index in [4.69, 9.17) is 21.1 Å². The van der Waals surface area contributed by atoms with Crippen molar-refractivity contribution in [1.29, 1.82) is 0 Å². The minimum Gasteiger partial charge on any atom is -0.465 e. The van der Waals surface area contributed by atoms with E-state index in [0.29, 0.717) is 17.2 Å². The van der Waals surface area contributed by atoms with E-state index in [-0.39, 0.29) is 23.6 Å². The number of benzene rings is 1. The van der Waals surface area contributed by atoms with Crippen molar-refractivity contribution in [2.24, 2.45) is 5.92 Å². The molecule has 2 aromatic rings. The fourth-order valence-corrected chi connectivity index (χ4v) is 3.20. The molecule has 1 aromatic heterocycles. The highest BCUT2D eigenvalue weighted by atomic mass is 35.5. The van der Waals surface area contributed by atoms with Crippen LogP contribution in [0.5, 0.6) is 0 Å². The van der Waals surface area contributed by atoms with Crippen LogP contribution >= 0.6 is 11.6 Å². The number of hydrogen-bond donors (Lipinski definition) is 3. The monoisotopic (exact) mass is 336 g/mol. The first-order valence-corrected chi connectivity index (χ1v) is 7.86. The average Bonchev–Trinajstić information content (AvgIpc) is 3.10. The number of fused-ring (bicyclic) bond motifs is 1. The molecule has 2 unspecified atom stereocenters. The van der Waals surface area contributed by atoms with Gasteiger partial charge in [0.2, 0.25) is 0 Å². The number of rotatable bonds is 4. The Hall–Kier alpha value is -2.21. The van der Waals surface area contributed by atoms with Crippen molar-refractivity contribution in [2.75, 3.05) is 6.54 Å². The lowest BCUT2D eigenvalue weighted by Gasteiger charge is -2.11. The molecular formula is C16H17ClN2O4. The van der Waals surface area contributed by atoms with E-state index in [9.17, 15) is 9.59 Å². The predicted molar refractivity (Wildman–Crippen MR) is 85.8 cm³/mol. The Labute approximate surface area is 137 Å². The summed E-state index contributed by atoms with van der Waals surface area (Å²) in [5.74, 6) is 0.252. The second-order valence-electron chi connectivity index (χ2n) is 5.83. The van der Waals surface area contributed by atoms with Crippen LogP contribution in [0.2, 0.25) is 5.02 Å². The van der Waals surface area contributed by atoms with Crippen LogP contribution in [0, 0.1) is 5.92 Å². The van der Waals surface area contributed by atoms with E-state index in [0.717, 1.165) is 24.6 Å². The summed E-state index contributed by atoms with van der Waals surface area (Å²) in [6.07, 6.45) is 1.43. The van der Waals surface area contributed by atoms with E-state index in [1.165, 1.54) is 0 Å². The Morgan fingerprint density at radius 1 is 1.30 bits per heavy atom. The molecule has 3 rings (SSSR count). The average molecular weight is 337 g/mol. The molecular weight excluding hydrogens is 320 g/mol. The van der Waals surface area contributed by atoms with Crippen LogP contribution in [-0.4, -0.2) is 29.7 Å². The zero-order valence-corrected chi connectivity index (χ0v) is 13.1. The van der Waals surface area contributed by atoms with Crippen LogP contribution in [0.4, 0.5) is 4.79 Å². The minimum absolute atomic E-state index is 0.0252. The van der Waals surface area contributed by atoms with Crippen molar-refractivity contribution in [3.8, 4) is 0 Å². The molecule has 1 fully saturated rings. The van der Waals surface area contributed by atoms with E-state index in [1.807, 2.05) is 0 Å². The first kappa shape index (κ1) is 15.7. The third kappa shape index (κ3) is 3.76. The van der Waals surface area contributed by atoms with Gasteiger partial charge in [0.1, 0.15) is 5.58 Å². The van der Waals surface area contributed by atoms with Crippen molar-refractivity contribution in [3.05, 3.63) is 35.0 Å². The molecule has 122 valence electrons. The summed E-state index contributed by atoms with van der Waals surface area (Å²) in [5.41, 5.74) is 0.617. The summed E-state index contributed by atoms with van der Waals surface area (Å²) in [6.45, 7) is 0.508. The lowest BCUT2D eigenvalue weighted by Crippen LogP contribution is -2.33. The Bertz CT molecular complexity index is 743. The van der Waals surface area contributed by atoms with Crippen LogP contribution < -0.4 is 10.6 Å². The summed E-state index contributed by atoms with van der Waals surface area (Å²) in [6, 6.07) is 6.83. The zero-order chi connectivity index (χ0) is 16.4. The van der Waals surface area contributed by atoms with Gasteiger partial charge in [-0.1, -0.05) is 11.6 Å². The maximum Gasteiger partial charge on any atom is 0.404 e. The summed E-state index contributed by atoms with van der Waals surface area (Å²) >= 11 is 5.91. The molecule has 1 aromatic carbocycles. The summed E-state index contributed by atoms with van der Waals surface area (Å²) in [5, 5.41) is 15.4. The highest BCUT2D eigenvalue weighted by Gasteiger charge is 2.26. The first-order chi connectivity index (χ1) is 11.0. The van der Waals surface area contributed by atoms with Gasteiger partial charge in [0.25, 0.3) is 5.91 Å². The third-order valence-electron chi connectivity index (χ3n) is 4.12. The van der Waals surface area contributed by atoms with Crippen molar-refractivity contribution < 1.29 is 19.1 Å². The van der Waals surface area contributed by atoms with E-state index < -0.39 is 6.09 Å². The standard InChI is InChI=1S/C16H17ClN2O4/c17-11-2-4-13-10(6-11)7-14(23-13)15(20)18-8-9-1-3-12(5-9)19-16(21)22/h2,4,6-7,9,12,19H,1,3,5,8H2,(H,18,20)(H,21,22). The molecule has 0 bridgehead atoms. The Kier molecular flexibility index (Phi) is 4.43. The van der Waals surface area contributed by atoms with Crippen LogP contribution in [0.25, 0.3) is 11.0 Å². The molecule has 1 heterocycles. The molecule has 0 spiro atoms. The maximum atomic E-state index is 12.2. The number of carbonyl (C=O) groups excluding carboxylic acids is 1. The van der Waals surface area contributed by atoms with Gasteiger partial charge in [-0.3, -0.25) is 4.79 Å². The normalized spacial score (nSPS) is 20.6. The van der Waals surface area contributed by atoms with Crippen molar-refractivity contribution in [3.63, 3.8) is 0 Å². The maximum absolute atomic E-state index is 12.2. The van der Waals surface area contributed by atoms with E-state index >= 15 is 0 Å². The molecule has 2 atom stereocenters. The first-order valence-electron chi connectivity index (χ1n) is 7.48. The van der Waals surface area contributed by atoms with Gasteiger partial charge in [-0.2, -0.15) is 0 Å². The van der Waals surface area contributed by atoms with Gasteiger partial charge in [0, 0.05) is 23.0 Å². The Balaban J connectivity index is 1.55. The van der Waals surface area contributed by atoms with Gasteiger partial charge in [-0.25, -0.2) is 4.79 Å². The van der Waals surface area contributed by atoms with Gasteiger partial charge < -0.3 is 20.2 Å². The molecule has 0 aliphatic heterocycles. The fraction of sp³-hybridized carbons (Fsp3) is 0.375. The quantitative estimate of drug-likeness (QED) is 0.799. The molecule has 0 saturated heterocycles. The summed E-state index contributed by atoms with van der Waals surface area (Å²) in [4.78, 5) is 22.8. The van der Waals surface area contributed by atoms with Gasteiger partial charge in [-0.05, 0) is 49.4 Å². The molecule has 1 aliphatic rings. The molecule has 2 amide bonds. The van der Waals surface area contributed by atoms with E-state index in [1.54, 1.807) is 24.3 Å². The van der Waals surface area contributed by atoms with Crippen LogP contribution in [0.15, 0.2) is 28.7 Å². The van der Waals surface area contributed by atoms with Crippen LogP contribution in [0.1, 0.15) is 29.8 Å². The lowest BCUT2D eigenvalue weighted by atomic mass is 10.1. The van der Waals surface area contributed by atoms with Gasteiger partial charge in [-0.15, -0.1) is 0 Å². The zero-order valence-electron chi connectivity index (χ0n) is 12.3. The largest absolute Gasteiger partial charge is 0.465 e. The highest BCUT2D eigenvalue weighted by molar-refractivity contribution is 6.31.